The number of nitriles is 1. The van der Waals surface area contributed by atoms with Gasteiger partial charge >= 0.3 is 5.63 Å². The fourth-order valence-electron chi connectivity index (χ4n) is 4.00. The molecule has 0 amide bonds. The third-order valence-electron chi connectivity index (χ3n) is 5.55. The lowest BCUT2D eigenvalue weighted by Gasteiger charge is -2.27. The molecule has 0 aliphatic carbocycles. The van der Waals surface area contributed by atoms with E-state index < -0.39 is 11.5 Å². The number of ether oxygens (including phenoxy) is 2. The Labute approximate surface area is 194 Å². The molecule has 0 fully saturated rings. The lowest BCUT2D eigenvalue weighted by Crippen LogP contribution is -2.26. The fraction of sp³-hybridized carbons (Fsp3) is 0.0769. The number of fused-ring (bicyclic) bond motifs is 3. The Morgan fingerprint density at radius 1 is 1.03 bits per heavy atom. The maximum Gasteiger partial charge on any atom is 0.344 e. The van der Waals surface area contributed by atoms with Gasteiger partial charge in [-0.2, -0.15) is 5.26 Å². The van der Waals surface area contributed by atoms with E-state index in [-0.39, 0.29) is 29.4 Å². The summed E-state index contributed by atoms with van der Waals surface area (Å²) >= 11 is 6.27. The molecule has 1 aliphatic heterocycles. The molecule has 0 saturated heterocycles. The minimum absolute atomic E-state index is 0.0633. The SMILES string of the molecule is N#CC1=C(N)Oc2c(c(=O)oc3ccccc23)[C@H]1c1ccccc1OCc1ccccc1Cl. The summed E-state index contributed by atoms with van der Waals surface area (Å²) in [5.41, 5.74) is 7.64. The van der Waals surface area contributed by atoms with Crippen molar-refractivity contribution < 1.29 is 13.9 Å². The first kappa shape index (κ1) is 20.7. The Morgan fingerprint density at radius 3 is 2.58 bits per heavy atom. The molecule has 0 bridgehead atoms. The molecule has 0 radical (unpaired) electrons. The molecule has 6 nitrogen and oxygen atoms in total. The Morgan fingerprint density at radius 2 is 1.76 bits per heavy atom. The monoisotopic (exact) mass is 456 g/mol. The molecule has 1 atom stereocenters. The molecular weight excluding hydrogens is 440 g/mol. The van der Waals surface area contributed by atoms with Crippen LogP contribution in [-0.2, 0) is 6.61 Å². The van der Waals surface area contributed by atoms with Crippen molar-refractivity contribution in [2.24, 2.45) is 5.73 Å². The maximum atomic E-state index is 13.1. The van der Waals surface area contributed by atoms with Gasteiger partial charge in [0.2, 0.25) is 5.88 Å². The van der Waals surface area contributed by atoms with Crippen LogP contribution in [0, 0.1) is 11.3 Å². The average molecular weight is 457 g/mol. The predicted molar refractivity (Wildman–Crippen MR) is 124 cm³/mol. The first-order valence-electron chi connectivity index (χ1n) is 10.2. The van der Waals surface area contributed by atoms with Crippen molar-refractivity contribution in [3.63, 3.8) is 0 Å². The van der Waals surface area contributed by atoms with E-state index >= 15 is 0 Å². The van der Waals surface area contributed by atoms with E-state index in [0.29, 0.717) is 27.3 Å². The van der Waals surface area contributed by atoms with Crippen LogP contribution in [0.4, 0.5) is 0 Å². The second-order valence-corrected chi connectivity index (χ2v) is 7.88. The van der Waals surface area contributed by atoms with E-state index in [1.807, 2.05) is 24.3 Å². The van der Waals surface area contributed by atoms with Gasteiger partial charge in [-0.3, -0.25) is 0 Å². The van der Waals surface area contributed by atoms with Crippen LogP contribution in [0.1, 0.15) is 22.6 Å². The molecule has 2 heterocycles. The molecule has 0 spiro atoms. The number of allylic oxidation sites excluding steroid dienone is 1. The summed E-state index contributed by atoms with van der Waals surface area (Å²) in [4.78, 5) is 13.1. The molecule has 7 heteroatoms. The normalized spacial score (nSPS) is 15.0. The van der Waals surface area contributed by atoms with Crippen molar-refractivity contribution >= 4 is 22.6 Å². The largest absolute Gasteiger partial charge is 0.489 e. The van der Waals surface area contributed by atoms with Gasteiger partial charge in [0, 0.05) is 16.1 Å². The van der Waals surface area contributed by atoms with Gasteiger partial charge in [-0.15, -0.1) is 0 Å². The summed E-state index contributed by atoms with van der Waals surface area (Å²) in [5, 5.41) is 11.1. The maximum absolute atomic E-state index is 13.1. The quantitative estimate of drug-likeness (QED) is 0.421. The first-order valence-corrected chi connectivity index (χ1v) is 10.5. The highest BCUT2D eigenvalue weighted by molar-refractivity contribution is 6.31. The number of rotatable bonds is 4. The van der Waals surface area contributed by atoms with Crippen LogP contribution in [0.15, 0.2) is 93.5 Å². The number of benzene rings is 3. The Bertz CT molecular complexity index is 1520. The van der Waals surface area contributed by atoms with Gasteiger partial charge in [-0.05, 0) is 24.3 Å². The fourth-order valence-corrected chi connectivity index (χ4v) is 4.19. The van der Waals surface area contributed by atoms with E-state index in [1.54, 1.807) is 48.5 Å². The topological polar surface area (TPSA) is 98.5 Å². The van der Waals surface area contributed by atoms with Crippen LogP contribution in [0.5, 0.6) is 11.5 Å². The third kappa shape index (κ3) is 3.59. The van der Waals surface area contributed by atoms with Gasteiger partial charge in [0.15, 0.2) is 5.75 Å². The third-order valence-corrected chi connectivity index (χ3v) is 5.91. The van der Waals surface area contributed by atoms with Gasteiger partial charge in [0.25, 0.3) is 0 Å². The summed E-state index contributed by atoms with van der Waals surface area (Å²) in [7, 11) is 0. The molecule has 162 valence electrons. The smallest absolute Gasteiger partial charge is 0.344 e. The summed E-state index contributed by atoms with van der Waals surface area (Å²) in [5.74, 6) is -0.110. The highest BCUT2D eigenvalue weighted by Gasteiger charge is 2.37. The molecule has 1 aromatic heterocycles. The number of halogens is 1. The number of para-hydroxylation sites is 2. The van der Waals surface area contributed by atoms with Crippen LogP contribution in [-0.4, -0.2) is 0 Å². The van der Waals surface area contributed by atoms with E-state index in [9.17, 15) is 10.1 Å². The van der Waals surface area contributed by atoms with Crippen molar-refractivity contribution in [2.75, 3.05) is 0 Å². The second kappa shape index (κ2) is 8.38. The van der Waals surface area contributed by atoms with E-state index in [1.165, 1.54) is 0 Å². The Balaban J connectivity index is 1.67. The van der Waals surface area contributed by atoms with Crippen LogP contribution >= 0.6 is 11.6 Å². The highest BCUT2D eigenvalue weighted by atomic mass is 35.5. The average Bonchev–Trinajstić information content (AvgIpc) is 2.83. The van der Waals surface area contributed by atoms with Crippen LogP contribution < -0.4 is 20.8 Å². The van der Waals surface area contributed by atoms with Gasteiger partial charge < -0.3 is 19.6 Å². The van der Waals surface area contributed by atoms with Crippen molar-refractivity contribution in [3.05, 3.63) is 116 Å². The van der Waals surface area contributed by atoms with Gasteiger partial charge in [-0.1, -0.05) is 60.1 Å². The number of hydrogen-bond donors (Lipinski definition) is 1. The first-order chi connectivity index (χ1) is 16.1. The summed E-state index contributed by atoms with van der Waals surface area (Å²) in [6.45, 7) is 0.209. The van der Waals surface area contributed by atoms with Gasteiger partial charge in [0.05, 0.1) is 16.9 Å². The van der Waals surface area contributed by atoms with Crippen molar-refractivity contribution in [1.29, 1.82) is 5.26 Å². The molecule has 4 aromatic rings. The van der Waals surface area contributed by atoms with E-state index in [4.69, 9.17) is 31.2 Å². The zero-order chi connectivity index (χ0) is 22.9. The standard InChI is InChI=1S/C26H17ClN2O4/c27-19-10-4-1-7-15(19)14-31-20-11-5-2-8-16(20)22-18(13-28)25(29)33-24-17-9-3-6-12-21(17)32-26(30)23(22)24/h1-12,22H,14,29H2/t22-/m0/s1. The number of hydrogen-bond acceptors (Lipinski definition) is 6. The van der Waals surface area contributed by atoms with Crippen molar-refractivity contribution in [2.45, 2.75) is 12.5 Å². The molecule has 2 N–H and O–H groups in total. The lowest BCUT2D eigenvalue weighted by molar-refractivity contribution is 0.301. The lowest BCUT2D eigenvalue weighted by atomic mass is 9.83. The predicted octanol–water partition coefficient (Wildman–Crippen LogP) is 5.24. The van der Waals surface area contributed by atoms with Gasteiger partial charge in [-0.25, -0.2) is 4.79 Å². The van der Waals surface area contributed by atoms with Crippen LogP contribution in [0.2, 0.25) is 5.02 Å². The molecule has 0 saturated carbocycles. The van der Waals surface area contributed by atoms with Crippen LogP contribution in [0.3, 0.4) is 0 Å². The zero-order valence-electron chi connectivity index (χ0n) is 17.2. The molecule has 5 rings (SSSR count). The minimum atomic E-state index is -0.818. The minimum Gasteiger partial charge on any atom is -0.489 e. The molecule has 33 heavy (non-hydrogen) atoms. The van der Waals surface area contributed by atoms with Crippen molar-refractivity contribution in [3.8, 4) is 17.6 Å². The highest BCUT2D eigenvalue weighted by Crippen LogP contribution is 2.45. The number of nitrogens with two attached hydrogens (primary N) is 1. The summed E-state index contributed by atoms with van der Waals surface area (Å²) in [6, 6.07) is 23.7. The Hall–Kier alpha value is -4.21. The molecule has 1 aliphatic rings. The summed E-state index contributed by atoms with van der Waals surface area (Å²) in [6.07, 6.45) is 0. The number of nitrogens with zero attached hydrogens (tertiary/aromatic N) is 1. The molecule has 0 unspecified atom stereocenters. The Kier molecular flexibility index (Phi) is 5.25. The second-order valence-electron chi connectivity index (χ2n) is 7.47. The van der Waals surface area contributed by atoms with Gasteiger partial charge in [0.1, 0.15) is 29.6 Å². The zero-order valence-corrected chi connectivity index (χ0v) is 18.0. The van der Waals surface area contributed by atoms with E-state index in [0.717, 1.165) is 5.56 Å². The summed E-state index contributed by atoms with van der Waals surface area (Å²) < 4.78 is 17.4. The molecule has 3 aromatic carbocycles. The molecular formula is C26H17ClN2O4. The van der Waals surface area contributed by atoms with E-state index in [2.05, 4.69) is 6.07 Å². The van der Waals surface area contributed by atoms with Crippen molar-refractivity contribution in [1.82, 2.24) is 0 Å². The van der Waals surface area contributed by atoms with Crippen LogP contribution in [0.25, 0.3) is 11.0 Å².